The van der Waals surface area contributed by atoms with Gasteiger partial charge in [0.05, 0.1) is 15.5 Å². The lowest BCUT2D eigenvalue weighted by atomic mass is 10.3. The molecule has 0 aliphatic carbocycles. The Morgan fingerprint density at radius 3 is 2.42 bits per heavy atom. The van der Waals surface area contributed by atoms with Crippen LogP contribution in [-0.2, 0) is 0 Å². The van der Waals surface area contributed by atoms with Gasteiger partial charge in [-0.25, -0.2) is 8.78 Å². The molecule has 0 heterocycles. The zero-order valence-corrected chi connectivity index (χ0v) is 7.14. The normalized spacial score (nSPS) is 9.92. The zero-order valence-electron chi connectivity index (χ0n) is 5.55. The van der Waals surface area contributed by atoms with Crippen molar-refractivity contribution in [3.8, 4) is 0 Å². The van der Waals surface area contributed by atoms with Crippen LogP contribution in [0.2, 0.25) is 0 Å². The van der Waals surface area contributed by atoms with Gasteiger partial charge in [-0.15, -0.1) is 0 Å². The van der Waals surface area contributed by atoms with E-state index in [1.54, 1.807) is 0 Å². The highest BCUT2D eigenvalue weighted by molar-refractivity contribution is 9.10. The maximum atomic E-state index is 12.5. The number of nitro benzene ring substituents is 1. The van der Waals surface area contributed by atoms with Gasteiger partial charge in [0.25, 0.3) is 5.69 Å². The Kier molecular flexibility index (Phi) is 2.37. The summed E-state index contributed by atoms with van der Waals surface area (Å²) in [6, 6.07) is 1.43. The average molecular weight is 238 g/mol. The molecule has 0 amide bonds. The summed E-state index contributed by atoms with van der Waals surface area (Å²) in [5.74, 6) is -2.36. The molecule has 1 rings (SSSR count). The Morgan fingerprint density at radius 2 is 2.00 bits per heavy atom. The molecule has 1 aromatic carbocycles. The van der Waals surface area contributed by atoms with Gasteiger partial charge >= 0.3 is 0 Å². The molecule has 0 aromatic heterocycles. The first-order chi connectivity index (χ1) is 5.52. The molecule has 0 aliphatic rings. The Balaban J connectivity index is 3.31. The summed E-state index contributed by atoms with van der Waals surface area (Å²) < 4.78 is 24.8. The summed E-state index contributed by atoms with van der Waals surface area (Å²) in [6.45, 7) is 0. The van der Waals surface area contributed by atoms with E-state index in [4.69, 9.17) is 0 Å². The maximum absolute atomic E-state index is 12.5. The van der Waals surface area contributed by atoms with E-state index in [0.717, 1.165) is 6.07 Å². The zero-order chi connectivity index (χ0) is 9.30. The first-order valence-electron chi connectivity index (χ1n) is 2.81. The molecule has 3 nitrogen and oxygen atoms in total. The molecule has 1 aromatic rings. The molecule has 0 spiro atoms. The molecule has 0 bridgehead atoms. The molecular formula is C6H2BrF2NO2. The Labute approximate surface area is 74.3 Å². The average Bonchev–Trinajstić information content (AvgIpc) is 1.99. The third-order valence-electron chi connectivity index (χ3n) is 1.18. The second-order valence-corrected chi connectivity index (χ2v) is 2.83. The lowest BCUT2D eigenvalue weighted by molar-refractivity contribution is -0.385. The second-order valence-electron chi connectivity index (χ2n) is 1.98. The van der Waals surface area contributed by atoms with Gasteiger partial charge in [-0.05, 0) is 15.9 Å². The lowest BCUT2D eigenvalue weighted by Gasteiger charge is -1.95. The van der Waals surface area contributed by atoms with Crippen molar-refractivity contribution in [3.05, 3.63) is 38.4 Å². The third kappa shape index (κ3) is 1.58. The van der Waals surface area contributed by atoms with Crippen LogP contribution in [0.4, 0.5) is 14.5 Å². The van der Waals surface area contributed by atoms with Gasteiger partial charge in [0.15, 0.2) is 11.6 Å². The van der Waals surface area contributed by atoms with Crippen LogP contribution in [0.1, 0.15) is 0 Å². The predicted molar refractivity (Wildman–Crippen MR) is 40.7 cm³/mol. The minimum atomic E-state index is -1.24. The van der Waals surface area contributed by atoms with Crippen LogP contribution in [0, 0.1) is 21.7 Å². The van der Waals surface area contributed by atoms with E-state index in [1.165, 1.54) is 0 Å². The molecular weight excluding hydrogens is 236 g/mol. The summed E-state index contributed by atoms with van der Waals surface area (Å²) in [5.41, 5.74) is -0.485. The van der Waals surface area contributed by atoms with E-state index in [-0.39, 0.29) is 4.47 Å². The molecule has 0 atom stereocenters. The topological polar surface area (TPSA) is 43.1 Å². The van der Waals surface area contributed by atoms with Gasteiger partial charge in [0.1, 0.15) is 0 Å². The first-order valence-corrected chi connectivity index (χ1v) is 3.60. The lowest BCUT2D eigenvalue weighted by Crippen LogP contribution is -1.92. The summed E-state index contributed by atoms with van der Waals surface area (Å²) in [6.07, 6.45) is 0. The molecule has 0 saturated heterocycles. The minimum Gasteiger partial charge on any atom is -0.258 e. The SMILES string of the molecule is O=[N+]([O-])c1cc(F)c(F)c(Br)c1. The fraction of sp³-hybridized carbons (Fsp3) is 0. The van der Waals surface area contributed by atoms with Gasteiger partial charge in [-0.3, -0.25) is 10.1 Å². The van der Waals surface area contributed by atoms with Crippen LogP contribution < -0.4 is 0 Å². The molecule has 12 heavy (non-hydrogen) atoms. The van der Waals surface area contributed by atoms with Crippen LogP contribution >= 0.6 is 15.9 Å². The summed E-state index contributed by atoms with van der Waals surface area (Å²) in [5, 5.41) is 10.1. The molecule has 0 unspecified atom stereocenters. The number of non-ortho nitro benzene ring substituents is 1. The highest BCUT2D eigenvalue weighted by atomic mass is 79.9. The highest BCUT2D eigenvalue weighted by Crippen LogP contribution is 2.24. The van der Waals surface area contributed by atoms with Crippen LogP contribution in [0.25, 0.3) is 0 Å². The minimum absolute atomic E-state index is 0.255. The van der Waals surface area contributed by atoms with E-state index in [2.05, 4.69) is 15.9 Å². The smallest absolute Gasteiger partial charge is 0.258 e. The van der Waals surface area contributed by atoms with Crippen molar-refractivity contribution < 1.29 is 13.7 Å². The number of benzene rings is 1. The third-order valence-corrected chi connectivity index (χ3v) is 1.76. The Hall–Kier alpha value is -1.04. The quantitative estimate of drug-likeness (QED) is 0.428. The number of hydrogen-bond acceptors (Lipinski definition) is 2. The van der Waals surface area contributed by atoms with Gasteiger partial charge in [-0.1, -0.05) is 0 Å². The maximum Gasteiger partial charge on any atom is 0.273 e. The summed E-state index contributed by atoms with van der Waals surface area (Å²) in [7, 11) is 0. The van der Waals surface area contributed by atoms with E-state index >= 15 is 0 Å². The largest absolute Gasteiger partial charge is 0.273 e. The monoisotopic (exact) mass is 237 g/mol. The van der Waals surface area contributed by atoms with Gasteiger partial charge in [0, 0.05) is 6.07 Å². The van der Waals surface area contributed by atoms with Crippen molar-refractivity contribution in [1.82, 2.24) is 0 Å². The van der Waals surface area contributed by atoms with E-state index < -0.39 is 22.2 Å². The summed E-state index contributed by atoms with van der Waals surface area (Å²) >= 11 is 2.65. The van der Waals surface area contributed by atoms with Crippen LogP contribution in [0.15, 0.2) is 16.6 Å². The van der Waals surface area contributed by atoms with Crippen molar-refractivity contribution in [2.45, 2.75) is 0 Å². The second kappa shape index (κ2) is 3.14. The van der Waals surface area contributed by atoms with Crippen molar-refractivity contribution >= 4 is 21.6 Å². The van der Waals surface area contributed by atoms with Crippen LogP contribution in [0.5, 0.6) is 0 Å². The van der Waals surface area contributed by atoms with Crippen molar-refractivity contribution in [3.63, 3.8) is 0 Å². The van der Waals surface area contributed by atoms with Crippen molar-refractivity contribution in [1.29, 1.82) is 0 Å². The fourth-order valence-corrected chi connectivity index (χ4v) is 1.07. The van der Waals surface area contributed by atoms with E-state index in [1.807, 2.05) is 0 Å². The summed E-state index contributed by atoms with van der Waals surface area (Å²) in [4.78, 5) is 9.31. The van der Waals surface area contributed by atoms with Gasteiger partial charge in [0.2, 0.25) is 0 Å². The number of nitro groups is 1. The molecule has 0 saturated carbocycles. The molecule has 64 valence electrons. The number of halogens is 3. The number of nitrogens with zero attached hydrogens (tertiary/aromatic N) is 1. The molecule has 0 radical (unpaired) electrons. The van der Waals surface area contributed by atoms with Crippen LogP contribution in [-0.4, -0.2) is 4.92 Å². The molecule has 6 heteroatoms. The fourth-order valence-electron chi connectivity index (χ4n) is 0.648. The van der Waals surface area contributed by atoms with E-state index in [0.29, 0.717) is 6.07 Å². The van der Waals surface area contributed by atoms with E-state index in [9.17, 15) is 18.9 Å². The van der Waals surface area contributed by atoms with Crippen molar-refractivity contribution in [2.75, 3.05) is 0 Å². The predicted octanol–water partition coefficient (Wildman–Crippen LogP) is 2.64. The number of hydrogen-bond donors (Lipinski definition) is 0. The standard InChI is InChI=1S/C6H2BrF2NO2/c7-4-1-3(10(11)12)2-5(8)6(4)9/h1-2H. The van der Waals surface area contributed by atoms with Gasteiger partial charge in [-0.2, -0.15) is 0 Å². The molecule has 0 aliphatic heterocycles. The Morgan fingerprint density at radius 1 is 1.42 bits per heavy atom. The molecule has 0 fully saturated rings. The Bertz CT molecular complexity index is 319. The first kappa shape index (κ1) is 9.05. The number of rotatable bonds is 1. The van der Waals surface area contributed by atoms with Gasteiger partial charge < -0.3 is 0 Å². The van der Waals surface area contributed by atoms with Crippen LogP contribution in [0.3, 0.4) is 0 Å². The molecule has 0 N–H and O–H groups in total. The highest BCUT2D eigenvalue weighted by Gasteiger charge is 2.14. The van der Waals surface area contributed by atoms with Crippen molar-refractivity contribution in [2.24, 2.45) is 0 Å².